The zero-order valence-electron chi connectivity index (χ0n) is 11.1. The van der Waals surface area contributed by atoms with Crippen LogP contribution in [0.4, 0.5) is 5.95 Å². The second-order valence-corrected chi connectivity index (χ2v) is 4.96. The van der Waals surface area contributed by atoms with Crippen molar-refractivity contribution in [1.82, 2.24) is 19.5 Å². The number of halogens is 1. The molecule has 8 nitrogen and oxygen atoms in total. The highest BCUT2D eigenvalue weighted by Gasteiger charge is 2.37. The molecule has 3 atom stereocenters. The molecule has 0 radical (unpaired) electrons. The Morgan fingerprint density at radius 2 is 2.29 bits per heavy atom. The van der Waals surface area contributed by atoms with E-state index in [9.17, 15) is 15.0 Å². The molecule has 1 aliphatic rings. The quantitative estimate of drug-likeness (QED) is 0.548. The molecule has 0 saturated heterocycles. The highest BCUT2D eigenvalue weighted by atomic mass is 79.9. The maximum Gasteiger partial charge on any atom is 0.280 e. The van der Waals surface area contributed by atoms with Crippen molar-refractivity contribution in [1.29, 1.82) is 0 Å². The number of fused-ring (bicyclic) bond motifs is 1. The summed E-state index contributed by atoms with van der Waals surface area (Å²) in [6, 6.07) is -0.263. The number of hydrogen-bond donors (Lipinski definition) is 4. The van der Waals surface area contributed by atoms with Crippen LogP contribution in [0.5, 0.6) is 0 Å². The highest BCUT2D eigenvalue weighted by Crippen LogP contribution is 2.39. The van der Waals surface area contributed by atoms with E-state index in [0.29, 0.717) is 17.6 Å². The van der Waals surface area contributed by atoms with E-state index in [-0.39, 0.29) is 47.0 Å². The van der Waals surface area contributed by atoms with Crippen molar-refractivity contribution in [2.45, 2.75) is 18.6 Å². The van der Waals surface area contributed by atoms with Gasteiger partial charge in [-0.1, -0.05) is 6.58 Å². The molecule has 0 unspecified atom stereocenters. The number of anilines is 1. The van der Waals surface area contributed by atoms with Gasteiger partial charge in [0.05, 0.1) is 25.1 Å². The lowest BCUT2D eigenvalue weighted by Gasteiger charge is -2.15. The third kappa shape index (κ3) is 2.37. The molecule has 0 spiro atoms. The van der Waals surface area contributed by atoms with Crippen LogP contribution in [0.2, 0.25) is 0 Å². The van der Waals surface area contributed by atoms with Crippen LogP contribution < -0.4 is 11.3 Å². The molecular formula is C12H16BrN5O3. The molecule has 2 heterocycles. The van der Waals surface area contributed by atoms with Gasteiger partial charge in [-0.15, -0.1) is 17.0 Å². The standard InChI is InChI=1S/C12H15N5O3.BrH/c1-5-6(3-18)8(19)2-7(5)17-4-14-9-10(17)15-12(13)16-11(9)20;/h4,6-8,18-19H,1-3H2,(H3,13,15,16,20);1H/t6-,7-,8-;/m0./s1. The van der Waals surface area contributed by atoms with Gasteiger partial charge >= 0.3 is 0 Å². The summed E-state index contributed by atoms with van der Waals surface area (Å²) in [4.78, 5) is 22.2. The topological polar surface area (TPSA) is 130 Å². The second kappa shape index (κ2) is 5.58. The molecule has 2 aromatic heterocycles. The molecule has 0 aromatic carbocycles. The van der Waals surface area contributed by atoms with Gasteiger partial charge in [-0.3, -0.25) is 9.78 Å². The van der Waals surface area contributed by atoms with Crippen LogP contribution >= 0.6 is 17.0 Å². The molecule has 114 valence electrons. The second-order valence-electron chi connectivity index (χ2n) is 4.96. The Labute approximate surface area is 130 Å². The number of aromatic amines is 1. The molecule has 2 aromatic rings. The SMILES string of the molecule is Br.C=C1[C@H](CO)[C@@H](O)C[C@@H]1n1cnc2c(=O)[nH]c(N)nc21. The van der Waals surface area contributed by atoms with Gasteiger partial charge in [-0.2, -0.15) is 4.98 Å². The van der Waals surface area contributed by atoms with Gasteiger partial charge in [0.15, 0.2) is 11.2 Å². The van der Waals surface area contributed by atoms with Crippen molar-refractivity contribution in [3.8, 4) is 0 Å². The fourth-order valence-corrected chi connectivity index (χ4v) is 2.74. The maximum absolute atomic E-state index is 11.7. The van der Waals surface area contributed by atoms with E-state index in [1.165, 1.54) is 6.33 Å². The molecule has 21 heavy (non-hydrogen) atoms. The first-order valence-electron chi connectivity index (χ1n) is 6.23. The molecule has 1 aliphatic carbocycles. The maximum atomic E-state index is 11.7. The highest BCUT2D eigenvalue weighted by molar-refractivity contribution is 8.93. The summed E-state index contributed by atoms with van der Waals surface area (Å²) in [6.45, 7) is 3.76. The van der Waals surface area contributed by atoms with Crippen LogP contribution in [0.25, 0.3) is 11.2 Å². The van der Waals surface area contributed by atoms with Gasteiger partial charge in [0, 0.05) is 5.92 Å². The van der Waals surface area contributed by atoms with Gasteiger partial charge < -0.3 is 20.5 Å². The Morgan fingerprint density at radius 1 is 1.57 bits per heavy atom. The Balaban J connectivity index is 0.00000161. The Kier molecular flexibility index (Phi) is 4.17. The van der Waals surface area contributed by atoms with Crippen molar-refractivity contribution >= 4 is 34.1 Å². The number of hydrogen-bond acceptors (Lipinski definition) is 6. The van der Waals surface area contributed by atoms with E-state index in [0.717, 1.165) is 0 Å². The lowest BCUT2D eigenvalue weighted by atomic mass is 10.0. The number of nitrogens with zero attached hydrogens (tertiary/aromatic N) is 3. The van der Waals surface area contributed by atoms with E-state index in [2.05, 4.69) is 21.5 Å². The number of nitrogens with two attached hydrogens (primary N) is 1. The zero-order chi connectivity index (χ0) is 14.4. The largest absolute Gasteiger partial charge is 0.396 e. The lowest BCUT2D eigenvalue weighted by molar-refractivity contribution is 0.101. The molecule has 1 fully saturated rings. The van der Waals surface area contributed by atoms with Crippen molar-refractivity contribution in [2.75, 3.05) is 12.3 Å². The smallest absolute Gasteiger partial charge is 0.280 e. The summed E-state index contributed by atoms with van der Waals surface area (Å²) < 4.78 is 1.67. The van der Waals surface area contributed by atoms with E-state index < -0.39 is 11.7 Å². The average Bonchev–Trinajstić information content (AvgIpc) is 2.91. The predicted octanol–water partition coefficient (Wildman–Crippen LogP) is -0.250. The first-order valence-corrected chi connectivity index (χ1v) is 6.23. The van der Waals surface area contributed by atoms with Crippen LogP contribution in [0.3, 0.4) is 0 Å². The summed E-state index contributed by atoms with van der Waals surface area (Å²) in [5.74, 6) is -0.371. The van der Waals surface area contributed by atoms with Crippen molar-refractivity contribution in [3.05, 3.63) is 28.8 Å². The van der Waals surface area contributed by atoms with Crippen molar-refractivity contribution in [3.63, 3.8) is 0 Å². The lowest BCUT2D eigenvalue weighted by Crippen LogP contribution is -2.17. The van der Waals surface area contributed by atoms with E-state index in [1.807, 2.05) is 0 Å². The number of H-pyrrole nitrogens is 1. The van der Waals surface area contributed by atoms with E-state index >= 15 is 0 Å². The Hall–Kier alpha value is -1.71. The molecule has 3 rings (SSSR count). The predicted molar refractivity (Wildman–Crippen MR) is 82.3 cm³/mol. The summed E-state index contributed by atoms with van der Waals surface area (Å²) in [5, 5.41) is 19.2. The summed E-state index contributed by atoms with van der Waals surface area (Å²) >= 11 is 0. The molecule has 0 amide bonds. The third-order valence-electron chi connectivity index (χ3n) is 3.82. The van der Waals surface area contributed by atoms with Gasteiger partial charge in [0.2, 0.25) is 5.95 Å². The fraction of sp³-hybridized carbons (Fsp3) is 0.417. The van der Waals surface area contributed by atoms with Crippen LogP contribution in [0, 0.1) is 5.92 Å². The van der Waals surface area contributed by atoms with Crippen LogP contribution in [-0.4, -0.2) is 42.4 Å². The van der Waals surface area contributed by atoms with E-state index in [1.54, 1.807) is 4.57 Å². The van der Waals surface area contributed by atoms with Gasteiger partial charge in [0.1, 0.15) is 0 Å². The molecular weight excluding hydrogens is 342 g/mol. The number of nitrogen functional groups attached to an aromatic ring is 1. The van der Waals surface area contributed by atoms with Crippen molar-refractivity contribution in [2.24, 2.45) is 5.92 Å². The first kappa shape index (κ1) is 15.7. The number of imidazole rings is 1. The van der Waals surface area contributed by atoms with E-state index in [4.69, 9.17) is 5.73 Å². The zero-order valence-corrected chi connectivity index (χ0v) is 12.8. The molecule has 5 N–H and O–H groups in total. The fourth-order valence-electron chi connectivity index (χ4n) is 2.74. The summed E-state index contributed by atoms with van der Waals surface area (Å²) in [6.07, 6.45) is 1.20. The Bertz CT molecular complexity index is 740. The number of aliphatic hydroxyl groups excluding tert-OH is 2. The van der Waals surface area contributed by atoms with Crippen molar-refractivity contribution < 1.29 is 10.2 Å². The molecule has 9 heteroatoms. The summed E-state index contributed by atoms with van der Waals surface area (Å²) in [7, 11) is 0. The molecule has 0 bridgehead atoms. The van der Waals surface area contributed by atoms with Crippen LogP contribution in [0.1, 0.15) is 12.5 Å². The monoisotopic (exact) mass is 357 g/mol. The van der Waals surface area contributed by atoms with Crippen LogP contribution in [-0.2, 0) is 0 Å². The first-order chi connectivity index (χ1) is 9.52. The van der Waals surface area contributed by atoms with Gasteiger partial charge in [-0.25, -0.2) is 4.98 Å². The number of aromatic nitrogens is 4. The normalized spacial score (nSPS) is 25.2. The van der Waals surface area contributed by atoms with Crippen LogP contribution in [0.15, 0.2) is 23.3 Å². The molecule has 0 aliphatic heterocycles. The molecule has 1 saturated carbocycles. The Morgan fingerprint density at radius 3 is 2.90 bits per heavy atom. The average molecular weight is 358 g/mol. The minimum atomic E-state index is -0.672. The minimum absolute atomic E-state index is 0. The number of rotatable bonds is 2. The number of aliphatic hydroxyl groups is 2. The minimum Gasteiger partial charge on any atom is -0.396 e. The van der Waals surface area contributed by atoms with Gasteiger partial charge in [-0.05, 0) is 12.0 Å². The summed E-state index contributed by atoms with van der Waals surface area (Å²) in [5.41, 5.74) is 6.37. The number of nitrogens with one attached hydrogen (secondary N) is 1. The third-order valence-corrected chi connectivity index (χ3v) is 3.82. The van der Waals surface area contributed by atoms with Gasteiger partial charge in [0.25, 0.3) is 5.56 Å².